The van der Waals surface area contributed by atoms with E-state index in [1.54, 1.807) is 0 Å². The van der Waals surface area contributed by atoms with Crippen molar-refractivity contribution < 1.29 is 28.3 Å². The van der Waals surface area contributed by atoms with E-state index >= 15 is 0 Å². The van der Waals surface area contributed by atoms with E-state index < -0.39 is 20.2 Å². The van der Waals surface area contributed by atoms with E-state index in [0.29, 0.717) is 0 Å². The summed E-state index contributed by atoms with van der Waals surface area (Å²) in [4.78, 5) is 26.1. The monoisotopic (exact) mass is 219 g/mol. The molecule has 0 saturated carbocycles. The molecule has 0 aromatic carbocycles. The third-order valence-electron chi connectivity index (χ3n) is 1.41. The molecule has 0 spiro atoms. The normalized spacial score (nSPS) is 22.8. The van der Waals surface area contributed by atoms with E-state index in [-0.39, 0.29) is 0 Å². The molecule has 2 atom stereocenters. The highest BCUT2D eigenvalue weighted by atomic mass is 31.2. The molecule has 2 unspecified atom stereocenters. The van der Waals surface area contributed by atoms with Crippen molar-refractivity contribution in [1.29, 1.82) is 0 Å². The van der Waals surface area contributed by atoms with Gasteiger partial charge in [0.05, 0.1) is 0 Å². The lowest BCUT2D eigenvalue weighted by Crippen LogP contribution is -2.35. The molecular formula is C3H11NO6P2. The second-order valence-corrected chi connectivity index (χ2v) is 7.05. The summed E-state index contributed by atoms with van der Waals surface area (Å²) < 4.78 is 25.6. The quantitative estimate of drug-likeness (QED) is 0.476. The molecule has 0 amide bonds. The van der Waals surface area contributed by atoms with Crippen molar-refractivity contribution in [2.75, 3.05) is 7.11 Å². The predicted molar refractivity (Wildman–Crippen MR) is 41.5 cm³/mol. The molecule has 12 heavy (non-hydrogen) atoms. The van der Waals surface area contributed by atoms with Crippen molar-refractivity contribution in [2.45, 2.75) is 11.9 Å². The van der Waals surface area contributed by atoms with Crippen LogP contribution in [0.2, 0.25) is 0 Å². The second kappa shape index (κ2) is 3.20. The van der Waals surface area contributed by atoms with Crippen LogP contribution in [0.1, 0.15) is 6.92 Å². The van der Waals surface area contributed by atoms with Crippen LogP contribution in [-0.4, -0.2) is 26.8 Å². The fourth-order valence-corrected chi connectivity index (χ4v) is 2.28. The fraction of sp³-hybridized carbons (Fsp3) is 1.00. The van der Waals surface area contributed by atoms with Crippen LogP contribution in [0.5, 0.6) is 0 Å². The van der Waals surface area contributed by atoms with Crippen LogP contribution in [0.15, 0.2) is 0 Å². The van der Waals surface area contributed by atoms with Gasteiger partial charge >= 0.3 is 15.2 Å². The standard InChI is InChI=1S/C3H11NO6P2/c1-3(4,11(5,6)7)12(8,9)10-2/h4H2,1-2H3,(H,8,9)(H2,5,6,7). The maximum atomic E-state index is 11.0. The van der Waals surface area contributed by atoms with E-state index in [2.05, 4.69) is 4.52 Å². The SMILES string of the molecule is COP(=O)(O)C(C)(N)P(=O)(O)O. The Kier molecular flexibility index (Phi) is 3.26. The molecule has 0 heterocycles. The van der Waals surface area contributed by atoms with Gasteiger partial charge in [-0.2, -0.15) is 0 Å². The summed E-state index contributed by atoms with van der Waals surface area (Å²) in [5.41, 5.74) is 4.98. The van der Waals surface area contributed by atoms with Gasteiger partial charge in [-0.15, -0.1) is 0 Å². The Bertz CT molecular complexity index is 256. The highest BCUT2D eigenvalue weighted by Crippen LogP contribution is 2.67. The van der Waals surface area contributed by atoms with Gasteiger partial charge in [0, 0.05) is 7.11 Å². The molecule has 0 fully saturated rings. The van der Waals surface area contributed by atoms with Crippen LogP contribution < -0.4 is 5.73 Å². The molecule has 0 bridgehead atoms. The number of rotatable bonds is 3. The summed E-state index contributed by atoms with van der Waals surface area (Å²) in [6.07, 6.45) is 0. The van der Waals surface area contributed by atoms with Gasteiger partial charge in [-0.05, 0) is 6.92 Å². The molecule has 0 saturated heterocycles. The first-order chi connectivity index (χ1) is 5.06. The zero-order chi connectivity index (χ0) is 10.2. The van der Waals surface area contributed by atoms with Gasteiger partial charge in [0.2, 0.25) is 5.02 Å². The van der Waals surface area contributed by atoms with E-state index in [0.717, 1.165) is 14.0 Å². The third-order valence-corrected chi connectivity index (χ3v) is 5.77. The lowest BCUT2D eigenvalue weighted by atomic mass is 10.8. The highest BCUT2D eigenvalue weighted by molar-refractivity contribution is 7.72. The summed E-state index contributed by atoms with van der Waals surface area (Å²) in [6, 6.07) is 0. The van der Waals surface area contributed by atoms with Crippen molar-refractivity contribution in [3.8, 4) is 0 Å². The Labute approximate surface area is 69.2 Å². The minimum absolute atomic E-state index is 0.762. The Hall–Kier alpha value is 0.260. The molecule has 7 nitrogen and oxygen atoms in total. The Morgan fingerprint density at radius 2 is 1.67 bits per heavy atom. The molecule has 0 aromatic heterocycles. The zero-order valence-electron chi connectivity index (χ0n) is 6.54. The average Bonchev–Trinajstić information content (AvgIpc) is 1.85. The smallest absolute Gasteiger partial charge is 0.323 e. The molecule has 5 N–H and O–H groups in total. The summed E-state index contributed by atoms with van der Waals surface area (Å²) >= 11 is 0. The van der Waals surface area contributed by atoms with Crippen molar-refractivity contribution >= 4 is 15.2 Å². The Balaban J connectivity index is 5.14. The van der Waals surface area contributed by atoms with Gasteiger partial charge < -0.3 is 24.9 Å². The molecule has 0 radical (unpaired) electrons. The summed E-state index contributed by atoms with van der Waals surface area (Å²) in [6.45, 7) is 0.762. The molecule has 74 valence electrons. The van der Waals surface area contributed by atoms with E-state index in [1.165, 1.54) is 0 Å². The lowest BCUT2D eigenvalue weighted by Gasteiger charge is -2.28. The lowest BCUT2D eigenvalue weighted by molar-refractivity contribution is 0.282. The topological polar surface area (TPSA) is 130 Å². The van der Waals surface area contributed by atoms with Crippen molar-refractivity contribution in [3.63, 3.8) is 0 Å². The Morgan fingerprint density at radius 1 is 1.33 bits per heavy atom. The maximum absolute atomic E-state index is 11.0. The first kappa shape index (κ1) is 12.3. The molecule has 9 heteroatoms. The molecule has 0 aromatic rings. The first-order valence-electron chi connectivity index (χ1n) is 2.79. The minimum atomic E-state index is -4.87. The van der Waals surface area contributed by atoms with Crippen molar-refractivity contribution in [3.05, 3.63) is 0 Å². The van der Waals surface area contributed by atoms with Crippen LogP contribution in [0.3, 0.4) is 0 Å². The molecule has 0 rings (SSSR count). The average molecular weight is 219 g/mol. The number of hydrogen-bond donors (Lipinski definition) is 4. The summed E-state index contributed by atoms with van der Waals surface area (Å²) in [5, 5.41) is -2.56. The maximum Gasteiger partial charge on any atom is 0.359 e. The van der Waals surface area contributed by atoms with Gasteiger partial charge in [0.15, 0.2) is 0 Å². The van der Waals surface area contributed by atoms with Crippen LogP contribution in [0, 0.1) is 0 Å². The van der Waals surface area contributed by atoms with Gasteiger partial charge in [0.25, 0.3) is 0 Å². The molecular weight excluding hydrogens is 208 g/mol. The van der Waals surface area contributed by atoms with Gasteiger partial charge in [0.1, 0.15) is 0 Å². The highest BCUT2D eigenvalue weighted by Gasteiger charge is 2.54. The van der Waals surface area contributed by atoms with E-state index in [4.69, 9.17) is 20.4 Å². The summed E-state index contributed by atoms with van der Waals surface area (Å²) in [7, 11) is -8.50. The largest absolute Gasteiger partial charge is 0.359 e. The minimum Gasteiger partial charge on any atom is -0.323 e. The molecule has 0 aliphatic rings. The van der Waals surface area contributed by atoms with Crippen LogP contribution in [0.4, 0.5) is 0 Å². The van der Waals surface area contributed by atoms with Gasteiger partial charge in [-0.25, -0.2) is 0 Å². The van der Waals surface area contributed by atoms with Crippen LogP contribution in [0.25, 0.3) is 0 Å². The van der Waals surface area contributed by atoms with Crippen molar-refractivity contribution in [1.82, 2.24) is 0 Å². The Morgan fingerprint density at radius 3 is 1.75 bits per heavy atom. The molecule has 0 aliphatic carbocycles. The third kappa shape index (κ3) is 1.95. The first-order valence-corrected chi connectivity index (χ1v) is 5.98. The number of nitrogens with two attached hydrogens (primary N) is 1. The fourth-order valence-electron chi connectivity index (χ4n) is 0.349. The van der Waals surface area contributed by atoms with Gasteiger partial charge in [-0.3, -0.25) is 9.13 Å². The van der Waals surface area contributed by atoms with Gasteiger partial charge in [-0.1, -0.05) is 0 Å². The molecule has 0 aliphatic heterocycles. The summed E-state index contributed by atoms with van der Waals surface area (Å²) in [5.74, 6) is 0. The second-order valence-electron chi connectivity index (χ2n) is 2.34. The van der Waals surface area contributed by atoms with E-state index in [9.17, 15) is 9.13 Å². The van der Waals surface area contributed by atoms with Crippen molar-refractivity contribution in [2.24, 2.45) is 5.73 Å². The van der Waals surface area contributed by atoms with Crippen LogP contribution >= 0.6 is 15.2 Å². The predicted octanol–water partition coefficient (Wildman–Crippen LogP) is -0.372. The van der Waals surface area contributed by atoms with E-state index in [1.807, 2.05) is 0 Å². The number of hydrogen-bond acceptors (Lipinski definition) is 4. The zero-order valence-corrected chi connectivity index (χ0v) is 8.33. The van der Waals surface area contributed by atoms with Crippen LogP contribution in [-0.2, 0) is 13.7 Å².